The molecule has 2 heterocycles. The molecular weight excluding hydrogens is 231 g/mol. The van der Waals surface area contributed by atoms with Crippen molar-refractivity contribution in [1.82, 2.24) is 14.4 Å². The van der Waals surface area contributed by atoms with Gasteiger partial charge in [-0.2, -0.15) is 0 Å². The summed E-state index contributed by atoms with van der Waals surface area (Å²) in [6, 6.07) is 4.94. The molecule has 5 heteroatoms. The standard InChI is InChI=1S/C13H11FN4/c1-8-2-3-10(14)9(4-8)11-6-18-7-12(15)17-13(18)5-16-11/h2-7H,15H2,1H3. The first-order chi connectivity index (χ1) is 8.63. The summed E-state index contributed by atoms with van der Waals surface area (Å²) in [6.45, 7) is 1.91. The molecule has 2 N–H and O–H groups in total. The van der Waals surface area contributed by atoms with Crippen LogP contribution in [0.2, 0.25) is 0 Å². The summed E-state index contributed by atoms with van der Waals surface area (Å²) < 4.78 is 15.5. The Hall–Kier alpha value is -2.43. The largest absolute Gasteiger partial charge is 0.382 e. The quantitative estimate of drug-likeness (QED) is 0.713. The van der Waals surface area contributed by atoms with Crippen LogP contribution in [0.15, 0.2) is 36.8 Å². The zero-order valence-electron chi connectivity index (χ0n) is 9.76. The fraction of sp³-hybridized carbons (Fsp3) is 0.0769. The topological polar surface area (TPSA) is 56.2 Å². The molecule has 0 aliphatic rings. The van der Waals surface area contributed by atoms with Crippen molar-refractivity contribution in [2.75, 3.05) is 5.73 Å². The number of nitrogens with two attached hydrogens (primary N) is 1. The van der Waals surface area contributed by atoms with Crippen molar-refractivity contribution in [3.8, 4) is 11.3 Å². The third-order valence-corrected chi connectivity index (χ3v) is 2.76. The van der Waals surface area contributed by atoms with Gasteiger partial charge in [0.15, 0.2) is 5.65 Å². The van der Waals surface area contributed by atoms with Crippen LogP contribution >= 0.6 is 0 Å². The first-order valence-corrected chi connectivity index (χ1v) is 5.50. The lowest BCUT2D eigenvalue weighted by Crippen LogP contribution is -1.93. The molecule has 0 fully saturated rings. The highest BCUT2D eigenvalue weighted by atomic mass is 19.1. The average molecular weight is 242 g/mol. The van der Waals surface area contributed by atoms with Gasteiger partial charge in [0.1, 0.15) is 11.6 Å². The van der Waals surface area contributed by atoms with E-state index in [0.29, 0.717) is 22.7 Å². The van der Waals surface area contributed by atoms with E-state index in [1.807, 2.05) is 6.92 Å². The van der Waals surface area contributed by atoms with Crippen molar-refractivity contribution in [3.63, 3.8) is 0 Å². The van der Waals surface area contributed by atoms with Gasteiger partial charge in [0.05, 0.1) is 18.1 Å². The molecule has 1 aromatic carbocycles. The van der Waals surface area contributed by atoms with E-state index in [2.05, 4.69) is 9.97 Å². The maximum Gasteiger partial charge on any atom is 0.157 e. The predicted octanol–water partition coefficient (Wildman–Crippen LogP) is 2.43. The number of benzene rings is 1. The molecule has 0 atom stereocenters. The van der Waals surface area contributed by atoms with Crippen molar-refractivity contribution in [1.29, 1.82) is 0 Å². The van der Waals surface area contributed by atoms with E-state index in [4.69, 9.17) is 5.73 Å². The number of fused-ring (bicyclic) bond motifs is 1. The Bertz CT molecular complexity index is 733. The third kappa shape index (κ3) is 1.69. The fourth-order valence-corrected chi connectivity index (χ4v) is 1.89. The monoisotopic (exact) mass is 242 g/mol. The van der Waals surface area contributed by atoms with Gasteiger partial charge in [0.25, 0.3) is 0 Å². The number of nitrogen functional groups attached to an aromatic ring is 1. The number of rotatable bonds is 1. The smallest absolute Gasteiger partial charge is 0.157 e. The number of hydrogen-bond donors (Lipinski definition) is 1. The summed E-state index contributed by atoms with van der Waals surface area (Å²) in [5.41, 5.74) is 8.26. The van der Waals surface area contributed by atoms with Gasteiger partial charge in [-0.1, -0.05) is 11.6 Å². The summed E-state index contributed by atoms with van der Waals surface area (Å²) in [6.07, 6.45) is 4.97. The second-order valence-electron chi connectivity index (χ2n) is 4.19. The molecule has 0 saturated heterocycles. The Balaban J connectivity index is 2.21. The highest BCUT2D eigenvalue weighted by molar-refractivity contribution is 5.62. The normalized spacial score (nSPS) is 11.0. The minimum atomic E-state index is -0.291. The van der Waals surface area contributed by atoms with Crippen molar-refractivity contribution in [3.05, 3.63) is 48.2 Å². The highest BCUT2D eigenvalue weighted by Gasteiger charge is 2.08. The number of aromatic nitrogens is 3. The molecule has 0 aliphatic carbocycles. The number of nitrogens with zero attached hydrogens (tertiary/aromatic N) is 3. The molecule has 0 aliphatic heterocycles. The number of halogens is 1. The summed E-state index contributed by atoms with van der Waals surface area (Å²) >= 11 is 0. The van der Waals surface area contributed by atoms with Gasteiger partial charge < -0.3 is 10.1 Å². The lowest BCUT2D eigenvalue weighted by atomic mass is 10.1. The van der Waals surface area contributed by atoms with Crippen LogP contribution in [0.3, 0.4) is 0 Å². The van der Waals surface area contributed by atoms with Gasteiger partial charge >= 0.3 is 0 Å². The Labute approximate surface area is 103 Å². The Morgan fingerprint density at radius 3 is 2.94 bits per heavy atom. The fourth-order valence-electron chi connectivity index (χ4n) is 1.89. The molecular formula is C13H11FN4. The molecule has 3 rings (SSSR count). The van der Waals surface area contributed by atoms with Gasteiger partial charge in [-0.15, -0.1) is 0 Å². The van der Waals surface area contributed by atoms with Crippen LogP contribution in [0.5, 0.6) is 0 Å². The van der Waals surface area contributed by atoms with E-state index in [0.717, 1.165) is 5.56 Å². The Morgan fingerprint density at radius 1 is 1.28 bits per heavy atom. The molecule has 0 spiro atoms. The Morgan fingerprint density at radius 2 is 2.11 bits per heavy atom. The van der Waals surface area contributed by atoms with Crippen LogP contribution in [-0.2, 0) is 0 Å². The second-order valence-corrected chi connectivity index (χ2v) is 4.19. The molecule has 18 heavy (non-hydrogen) atoms. The summed E-state index contributed by atoms with van der Waals surface area (Å²) in [5, 5.41) is 0. The van der Waals surface area contributed by atoms with Crippen LogP contribution in [-0.4, -0.2) is 14.4 Å². The maximum absolute atomic E-state index is 13.8. The molecule has 3 aromatic rings. The average Bonchev–Trinajstić information content (AvgIpc) is 2.71. The van der Waals surface area contributed by atoms with Crippen LogP contribution in [0, 0.1) is 12.7 Å². The molecule has 90 valence electrons. The van der Waals surface area contributed by atoms with Crippen molar-refractivity contribution in [2.24, 2.45) is 0 Å². The van der Waals surface area contributed by atoms with Gasteiger partial charge in [0.2, 0.25) is 0 Å². The van der Waals surface area contributed by atoms with E-state index in [1.54, 1.807) is 35.1 Å². The van der Waals surface area contributed by atoms with Gasteiger partial charge in [-0.25, -0.2) is 9.37 Å². The zero-order chi connectivity index (χ0) is 12.7. The van der Waals surface area contributed by atoms with Crippen molar-refractivity contribution in [2.45, 2.75) is 6.92 Å². The van der Waals surface area contributed by atoms with E-state index >= 15 is 0 Å². The second kappa shape index (κ2) is 3.80. The molecule has 0 radical (unpaired) electrons. The Kier molecular flexibility index (Phi) is 2.26. The van der Waals surface area contributed by atoms with E-state index in [-0.39, 0.29) is 5.82 Å². The summed E-state index contributed by atoms with van der Waals surface area (Å²) in [4.78, 5) is 8.29. The summed E-state index contributed by atoms with van der Waals surface area (Å²) in [5.74, 6) is 0.124. The van der Waals surface area contributed by atoms with Crippen LogP contribution in [0.25, 0.3) is 16.9 Å². The highest BCUT2D eigenvalue weighted by Crippen LogP contribution is 2.22. The molecule has 4 nitrogen and oxygen atoms in total. The van der Waals surface area contributed by atoms with Crippen molar-refractivity contribution < 1.29 is 4.39 Å². The van der Waals surface area contributed by atoms with E-state index in [1.165, 1.54) is 6.07 Å². The molecule has 0 saturated carbocycles. The number of aryl methyl sites for hydroxylation is 1. The van der Waals surface area contributed by atoms with Gasteiger partial charge in [0, 0.05) is 11.8 Å². The van der Waals surface area contributed by atoms with E-state index < -0.39 is 0 Å². The van der Waals surface area contributed by atoms with Crippen LogP contribution < -0.4 is 5.73 Å². The van der Waals surface area contributed by atoms with Gasteiger partial charge in [-0.3, -0.25) is 4.98 Å². The number of anilines is 1. The minimum Gasteiger partial charge on any atom is -0.382 e. The van der Waals surface area contributed by atoms with Gasteiger partial charge in [-0.05, 0) is 19.1 Å². The third-order valence-electron chi connectivity index (χ3n) is 2.76. The van der Waals surface area contributed by atoms with Crippen molar-refractivity contribution >= 4 is 11.5 Å². The molecule has 0 amide bonds. The SMILES string of the molecule is Cc1ccc(F)c(-c2cn3cc(N)nc3cn2)c1. The maximum atomic E-state index is 13.8. The first kappa shape index (κ1) is 10.7. The van der Waals surface area contributed by atoms with E-state index in [9.17, 15) is 4.39 Å². The summed E-state index contributed by atoms with van der Waals surface area (Å²) in [7, 11) is 0. The van der Waals surface area contributed by atoms with Crippen LogP contribution in [0.4, 0.5) is 10.2 Å². The lowest BCUT2D eigenvalue weighted by molar-refractivity contribution is 0.630. The lowest BCUT2D eigenvalue weighted by Gasteiger charge is -2.04. The molecule has 0 bridgehead atoms. The minimum absolute atomic E-state index is 0.291. The molecule has 2 aromatic heterocycles. The predicted molar refractivity (Wildman–Crippen MR) is 67.5 cm³/mol. The molecule has 0 unspecified atom stereocenters. The number of hydrogen-bond acceptors (Lipinski definition) is 3. The number of imidazole rings is 1. The zero-order valence-corrected chi connectivity index (χ0v) is 9.76. The van der Waals surface area contributed by atoms with Crippen LogP contribution in [0.1, 0.15) is 5.56 Å². The first-order valence-electron chi connectivity index (χ1n) is 5.50.